The van der Waals surface area contributed by atoms with Gasteiger partial charge in [-0.25, -0.2) is 0 Å². The molecule has 0 saturated heterocycles. The van der Waals surface area contributed by atoms with E-state index in [-0.39, 0.29) is 18.3 Å². The largest absolute Gasteiger partial charge is 0.418 e. The van der Waals surface area contributed by atoms with Gasteiger partial charge in [-0.3, -0.25) is 0 Å². The van der Waals surface area contributed by atoms with Crippen molar-refractivity contribution in [2.24, 2.45) is 0 Å². The number of nitrogens with two attached hydrogens (primary N) is 1. The Morgan fingerprint density at radius 1 is 1.19 bits per heavy atom. The molecule has 2 rings (SSSR count). The van der Waals surface area contributed by atoms with Gasteiger partial charge in [-0.1, -0.05) is 19.3 Å². The van der Waals surface area contributed by atoms with Crippen molar-refractivity contribution in [1.82, 2.24) is 0 Å². The third kappa shape index (κ3) is 3.81. The van der Waals surface area contributed by atoms with Gasteiger partial charge >= 0.3 is 6.18 Å². The fourth-order valence-electron chi connectivity index (χ4n) is 2.99. The van der Waals surface area contributed by atoms with Crippen molar-refractivity contribution in [3.05, 3.63) is 23.8 Å². The molecule has 1 saturated carbocycles. The van der Waals surface area contributed by atoms with Crippen molar-refractivity contribution in [1.29, 1.82) is 0 Å². The van der Waals surface area contributed by atoms with Crippen LogP contribution in [0.1, 0.15) is 37.7 Å². The molecule has 0 bridgehead atoms. The quantitative estimate of drug-likeness (QED) is 0.838. The van der Waals surface area contributed by atoms with Crippen LogP contribution in [0.15, 0.2) is 18.2 Å². The van der Waals surface area contributed by atoms with E-state index < -0.39 is 11.7 Å². The molecule has 0 aromatic heterocycles. The van der Waals surface area contributed by atoms with Crippen LogP contribution in [0, 0.1) is 0 Å². The van der Waals surface area contributed by atoms with Gasteiger partial charge in [0.1, 0.15) is 0 Å². The van der Waals surface area contributed by atoms with E-state index in [1.54, 1.807) is 6.07 Å². The van der Waals surface area contributed by atoms with Crippen molar-refractivity contribution >= 4 is 11.4 Å². The van der Waals surface area contributed by atoms with Gasteiger partial charge in [-0.15, -0.1) is 0 Å². The molecule has 0 atom stereocenters. The van der Waals surface area contributed by atoms with E-state index in [0.717, 1.165) is 31.7 Å². The van der Waals surface area contributed by atoms with Crippen LogP contribution in [0.2, 0.25) is 0 Å². The lowest BCUT2D eigenvalue weighted by Gasteiger charge is -2.36. The second kappa shape index (κ2) is 6.56. The molecule has 0 spiro atoms. The van der Waals surface area contributed by atoms with Crippen LogP contribution in [-0.2, 0) is 6.18 Å². The number of nitrogen functional groups attached to an aromatic ring is 1. The minimum atomic E-state index is -4.46. The second-order valence-corrected chi connectivity index (χ2v) is 5.48. The summed E-state index contributed by atoms with van der Waals surface area (Å²) < 4.78 is 38.9. The number of benzene rings is 1. The van der Waals surface area contributed by atoms with Crippen LogP contribution < -0.4 is 10.6 Å². The smallest absolute Gasteiger partial charge is 0.398 e. The third-order valence-corrected chi connectivity index (χ3v) is 4.03. The molecular formula is C15H21F3N2O. The number of halogens is 3. The first-order valence-corrected chi connectivity index (χ1v) is 7.27. The summed E-state index contributed by atoms with van der Waals surface area (Å²) >= 11 is 0. The molecule has 21 heavy (non-hydrogen) atoms. The summed E-state index contributed by atoms with van der Waals surface area (Å²) in [5, 5.41) is 9.22. The predicted molar refractivity (Wildman–Crippen MR) is 77.2 cm³/mol. The van der Waals surface area contributed by atoms with Crippen molar-refractivity contribution in [3.63, 3.8) is 0 Å². The van der Waals surface area contributed by atoms with Crippen LogP contribution in [0.25, 0.3) is 0 Å². The van der Waals surface area contributed by atoms with Gasteiger partial charge in [-0.2, -0.15) is 13.2 Å². The topological polar surface area (TPSA) is 49.5 Å². The zero-order valence-corrected chi connectivity index (χ0v) is 11.9. The molecule has 0 radical (unpaired) electrons. The average Bonchev–Trinajstić information content (AvgIpc) is 2.45. The maximum atomic E-state index is 13.0. The number of rotatable bonds is 4. The maximum absolute atomic E-state index is 13.0. The lowest BCUT2D eigenvalue weighted by atomic mass is 9.93. The molecule has 3 N–H and O–H groups in total. The molecule has 1 aromatic rings. The zero-order valence-electron chi connectivity index (χ0n) is 11.9. The Morgan fingerprint density at radius 3 is 2.43 bits per heavy atom. The Labute approximate surface area is 122 Å². The van der Waals surface area contributed by atoms with E-state index in [4.69, 9.17) is 5.73 Å². The van der Waals surface area contributed by atoms with Gasteiger partial charge in [-0.05, 0) is 31.0 Å². The molecule has 118 valence electrons. The summed E-state index contributed by atoms with van der Waals surface area (Å²) in [4.78, 5) is 1.88. The Bertz CT molecular complexity index is 470. The van der Waals surface area contributed by atoms with Crippen LogP contribution in [-0.4, -0.2) is 24.3 Å². The number of alkyl halides is 3. The average molecular weight is 302 g/mol. The highest BCUT2D eigenvalue weighted by molar-refractivity contribution is 5.60. The first-order valence-electron chi connectivity index (χ1n) is 7.27. The maximum Gasteiger partial charge on any atom is 0.418 e. The highest BCUT2D eigenvalue weighted by Gasteiger charge is 2.34. The van der Waals surface area contributed by atoms with E-state index in [2.05, 4.69) is 0 Å². The standard InChI is InChI=1S/C15H21F3N2O/c16-15(17,18)13-10-12(6-7-14(13)19)20(8-9-21)11-4-2-1-3-5-11/h6-7,10-11,21H,1-5,8-9,19H2. The van der Waals surface area contributed by atoms with Crippen LogP contribution in [0.5, 0.6) is 0 Å². The summed E-state index contributed by atoms with van der Waals surface area (Å²) in [6, 6.07) is 4.19. The Kier molecular flexibility index (Phi) is 4.98. The van der Waals surface area contributed by atoms with Gasteiger partial charge in [0.05, 0.1) is 12.2 Å². The van der Waals surface area contributed by atoms with Gasteiger partial charge in [0, 0.05) is 24.0 Å². The van der Waals surface area contributed by atoms with Crippen LogP contribution in [0.4, 0.5) is 24.5 Å². The number of aliphatic hydroxyl groups excluding tert-OH is 1. The molecule has 0 amide bonds. The summed E-state index contributed by atoms with van der Waals surface area (Å²) in [5.74, 6) is 0. The highest BCUT2D eigenvalue weighted by atomic mass is 19.4. The van der Waals surface area contributed by atoms with Gasteiger partial charge in [0.25, 0.3) is 0 Å². The monoisotopic (exact) mass is 302 g/mol. The molecule has 1 aliphatic rings. The zero-order chi connectivity index (χ0) is 15.5. The highest BCUT2D eigenvalue weighted by Crippen LogP contribution is 2.37. The molecular weight excluding hydrogens is 281 g/mol. The molecule has 1 aliphatic carbocycles. The number of anilines is 2. The lowest BCUT2D eigenvalue weighted by molar-refractivity contribution is -0.136. The van der Waals surface area contributed by atoms with E-state index in [0.29, 0.717) is 12.2 Å². The Balaban J connectivity index is 2.31. The van der Waals surface area contributed by atoms with Crippen LogP contribution >= 0.6 is 0 Å². The Morgan fingerprint density at radius 2 is 1.86 bits per heavy atom. The fraction of sp³-hybridized carbons (Fsp3) is 0.600. The molecule has 0 heterocycles. The second-order valence-electron chi connectivity index (χ2n) is 5.48. The van der Waals surface area contributed by atoms with E-state index in [9.17, 15) is 18.3 Å². The van der Waals surface area contributed by atoms with Crippen molar-refractivity contribution in [2.45, 2.75) is 44.3 Å². The number of hydrogen-bond donors (Lipinski definition) is 2. The summed E-state index contributed by atoms with van der Waals surface area (Å²) in [6.07, 6.45) is 0.759. The molecule has 1 fully saturated rings. The number of aliphatic hydroxyl groups is 1. The first kappa shape index (κ1) is 15.9. The molecule has 3 nitrogen and oxygen atoms in total. The molecule has 0 unspecified atom stereocenters. The van der Waals surface area contributed by atoms with Crippen molar-refractivity contribution in [2.75, 3.05) is 23.8 Å². The lowest BCUT2D eigenvalue weighted by Crippen LogP contribution is -2.39. The van der Waals surface area contributed by atoms with Gasteiger partial charge in [0.2, 0.25) is 0 Å². The molecule has 0 aliphatic heterocycles. The minimum Gasteiger partial charge on any atom is -0.398 e. The summed E-state index contributed by atoms with van der Waals surface area (Å²) in [7, 11) is 0. The minimum absolute atomic E-state index is 0.0811. The third-order valence-electron chi connectivity index (χ3n) is 4.03. The summed E-state index contributed by atoms with van der Waals surface area (Å²) in [6.45, 7) is 0.258. The summed E-state index contributed by atoms with van der Waals surface area (Å²) in [5.41, 5.74) is 4.85. The van der Waals surface area contributed by atoms with E-state index >= 15 is 0 Å². The first-order chi connectivity index (χ1) is 9.93. The van der Waals surface area contributed by atoms with Gasteiger partial charge in [0.15, 0.2) is 0 Å². The Hall–Kier alpha value is -1.43. The van der Waals surface area contributed by atoms with Crippen molar-refractivity contribution in [3.8, 4) is 0 Å². The van der Waals surface area contributed by atoms with Crippen LogP contribution in [0.3, 0.4) is 0 Å². The molecule has 6 heteroatoms. The SMILES string of the molecule is Nc1ccc(N(CCO)C2CCCCC2)cc1C(F)(F)F. The predicted octanol–water partition coefficient (Wildman–Crippen LogP) is 3.42. The molecule has 1 aromatic carbocycles. The van der Waals surface area contributed by atoms with E-state index in [1.165, 1.54) is 12.5 Å². The van der Waals surface area contributed by atoms with Gasteiger partial charge < -0.3 is 15.7 Å². The number of nitrogens with zero attached hydrogens (tertiary/aromatic N) is 1. The normalized spacial score (nSPS) is 17.0. The number of hydrogen-bond acceptors (Lipinski definition) is 3. The van der Waals surface area contributed by atoms with Crippen molar-refractivity contribution < 1.29 is 18.3 Å². The van der Waals surface area contributed by atoms with E-state index in [1.807, 2.05) is 4.90 Å². The fourth-order valence-corrected chi connectivity index (χ4v) is 2.99.